The van der Waals surface area contributed by atoms with Crippen molar-refractivity contribution in [2.45, 2.75) is 31.6 Å². The van der Waals surface area contributed by atoms with Crippen LogP contribution < -0.4 is 0 Å². The van der Waals surface area contributed by atoms with Crippen molar-refractivity contribution in [3.05, 3.63) is 78.5 Å². The van der Waals surface area contributed by atoms with E-state index in [1.807, 2.05) is 23.2 Å². The van der Waals surface area contributed by atoms with Crippen molar-refractivity contribution >= 4 is 0 Å². The first-order valence-corrected chi connectivity index (χ1v) is 9.60. The van der Waals surface area contributed by atoms with Crippen molar-refractivity contribution in [3.8, 4) is 5.82 Å². The zero-order valence-corrected chi connectivity index (χ0v) is 15.2. The molecule has 1 atom stereocenters. The summed E-state index contributed by atoms with van der Waals surface area (Å²) in [6.07, 6.45) is 10.4. The van der Waals surface area contributed by atoms with Gasteiger partial charge in [-0.2, -0.15) is 0 Å². The molecule has 0 radical (unpaired) electrons. The van der Waals surface area contributed by atoms with E-state index in [0.29, 0.717) is 5.92 Å². The first kappa shape index (κ1) is 17.0. The van der Waals surface area contributed by atoms with E-state index in [-0.39, 0.29) is 0 Å². The fraction of sp³-hybridized carbons (Fsp3) is 0.364. The van der Waals surface area contributed by atoms with Crippen molar-refractivity contribution < 1.29 is 0 Å². The summed E-state index contributed by atoms with van der Waals surface area (Å²) in [6.45, 7) is 3.51. The monoisotopic (exact) mass is 346 g/mol. The molecule has 0 bridgehead atoms. The van der Waals surface area contributed by atoms with Crippen molar-refractivity contribution in [1.82, 2.24) is 19.4 Å². The molecule has 0 saturated carbocycles. The summed E-state index contributed by atoms with van der Waals surface area (Å²) in [5.41, 5.74) is 2.65. The molecule has 1 aliphatic heterocycles. The van der Waals surface area contributed by atoms with Crippen LogP contribution in [-0.2, 0) is 6.42 Å². The number of hydrogen-bond donors (Lipinski definition) is 0. The van der Waals surface area contributed by atoms with Crippen LogP contribution in [0.4, 0.5) is 0 Å². The van der Waals surface area contributed by atoms with Crippen molar-refractivity contribution in [1.29, 1.82) is 0 Å². The van der Waals surface area contributed by atoms with Gasteiger partial charge in [0.2, 0.25) is 0 Å². The van der Waals surface area contributed by atoms with Gasteiger partial charge >= 0.3 is 0 Å². The summed E-state index contributed by atoms with van der Waals surface area (Å²) in [7, 11) is 0. The van der Waals surface area contributed by atoms with E-state index in [1.54, 1.807) is 6.20 Å². The number of benzene rings is 1. The van der Waals surface area contributed by atoms with Crippen molar-refractivity contribution in [2.75, 3.05) is 19.6 Å². The van der Waals surface area contributed by atoms with Gasteiger partial charge < -0.3 is 4.90 Å². The number of pyridine rings is 1. The average Bonchev–Trinajstić information content (AvgIpc) is 3.24. The quantitative estimate of drug-likeness (QED) is 0.674. The Balaban J connectivity index is 1.35. The molecule has 0 spiro atoms. The van der Waals surface area contributed by atoms with Gasteiger partial charge in [-0.15, -0.1) is 0 Å². The maximum absolute atomic E-state index is 4.90. The average molecular weight is 346 g/mol. The third kappa shape index (κ3) is 4.20. The highest BCUT2D eigenvalue weighted by Crippen LogP contribution is 2.26. The van der Waals surface area contributed by atoms with Crippen LogP contribution in [0.1, 0.15) is 36.4 Å². The molecule has 3 heterocycles. The van der Waals surface area contributed by atoms with E-state index in [4.69, 9.17) is 4.98 Å². The summed E-state index contributed by atoms with van der Waals surface area (Å²) in [5, 5.41) is 0. The standard InChI is InChI=1S/C22H26N4/c1-2-7-19(8-3-1)9-5-14-25-15-6-10-20(17-25)21-11-4-12-22(24-21)26-16-13-23-18-26/h1-4,7-8,11-13,16,18,20H,5-6,9-10,14-15,17H2. The Labute approximate surface area is 155 Å². The minimum atomic E-state index is 0.531. The molecule has 2 aromatic heterocycles. The van der Waals surface area contributed by atoms with E-state index < -0.39 is 0 Å². The largest absolute Gasteiger partial charge is 0.303 e. The molecule has 26 heavy (non-hydrogen) atoms. The fourth-order valence-corrected chi connectivity index (χ4v) is 3.86. The molecular formula is C22H26N4. The molecule has 4 heteroatoms. The molecule has 1 aromatic carbocycles. The van der Waals surface area contributed by atoms with Gasteiger partial charge in [-0.3, -0.25) is 4.57 Å². The zero-order valence-electron chi connectivity index (χ0n) is 15.2. The maximum Gasteiger partial charge on any atom is 0.138 e. The predicted octanol–water partition coefficient (Wildman–Crippen LogP) is 4.08. The van der Waals surface area contributed by atoms with Crippen LogP contribution in [0.2, 0.25) is 0 Å². The molecule has 0 N–H and O–H groups in total. The third-order valence-corrected chi connectivity index (χ3v) is 5.23. The number of hydrogen-bond acceptors (Lipinski definition) is 3. The van der Waals surface area contributed by atoms with Crippen LogP contribution in [-0.4, -0.2) is 39.1 Å². The van der Waals surface area contributed by atoms with E-state index >= 15 is 0 Å². The summed E-state index contributed by atoms with van der Waals surface area (Å²) in [4.78, 5) is 11.6. The molecule has 3 aromatic rings. The first-order valence-electron chi connectivity index (χ1n) is 9.60. The van der Waals surface area contributed by atoms with Gasteiger partial charge in [0, 0.05) is 30.6 Å². The first-order chi connectivity index (χ1) is 12.9. The normalized spacial score (nSPS) is 18.1. The van der Waals surface area contributed by atoms with E-state index in [2.05, 4.69) is 52.3 Å². The highest BCUT2D eigenvalue weighted by Gasteiger charge is 2.22. The lowest BCUT2D eigenvalue weighted by molar-refractivity contribution is 0.204. The smallest absolute Gasteiger partial charge is 0.138 e. The molecule has 1 saturated heterocycles. The second-order valence-corrected chi connectivity index (χ2v) is 7.12. The summed E-state index contributed by atoms with van der Waals surface area (Å²) < 4.78 is 1.98. The van der Waals surface area contributed by atoms with Crippen LogP contribution in [0.5, 0.6) is 0 Å². The molecule has 4 nitrogen and oxygen atoms in total. The number of aromatic nitrogens is 3. The maximum atomic E-state index is 4.90. The van der Waals surface area contributed by atoms with Gasteiger partial charge in [-0.05, 0) is 56.5 Å². The molecule has 1 unspecified atom stereocenters. The summed E-state index contributed by atoms with van der Waals surface area (Å²) in [6, 6.07) is 17.1. The molecule has 1 fully saturated rings. The van der Waals surface area contributed by atoms with Crippen molar-refractivity contribution in [2.24, 2.45) is 0 Å². The lowest BCUT2D eigenvalue weighted by Crippen LogP contribution is -2.35. The molecule has 134 valence electrons. The zero-order chi connectivity index (χ0) is 17.6. The Morgan fingerprint density at radius 1 is 1.04 bits per heavy atom. The van der Waals surface area contributed by atoms with E-state index in [0.717, 1.165) is 18.8 Å². The van der Waals surface area contributed by atoms with Gasteiger partial charge in [0.25, 0.3) is 0 Å². The SMILES string of the molecule is c1ccc(CCCN2CCCC(c3cccc(-n4ccnc4)n3)C2)cc1. The Bertz CT molecular complexity index is 798. The van der Waals surface area contributed by atoms with Crippen LogP contribution in [0.25, 0.3) is 5.82 Å². The van der Waals surface area contributed by atoms with E-state index in [9.17, 15) is 0 Å². The van der Waals surface area contributed by atoms with E-state index in [1.165, 1.54) is 43.6 Å². The lowest BCUT2D eigenvalue weighted by atomic mass is 9.94. The second kappa shape index (κ2) is 8.28. The van der Waals surface area contributed by atoms with Gasteiger partial charge in [0.15, 0.2) is 0 Å². The fourth-order valence-electron chi connectivity index (χ4n) is 3.86. The van der Waals surface area contributed by atoms with Gasteiger partial charge in [0.1, 0.15) is 12.1 Å². The third-order valence-electron chi connectivity index (χ3n) is 5.23. The number of imidazole rings is 1. The van der Waals surface area contributed by atoms with Gasteiger partial charge in [-0.25, -0.2) is 9.97 Å². The number of aryl methyl sites for hydroxylation is 1. The highest BCUT2D eigenvalue weighted by atomic mass is 15.1. The number of likely N-dealkylation sites (tertiary alicyclic amines) is 1. The minimum absolute atomic E-state index is 0.531. The summed E-state index contributed by atoms with van der Waals surface area (Å²) >= 11 is 0. The van der Waals surface area contributed by atoms with Crippen LogP contribution in [0.3, 0.4) is 0 Å². The van der Waals surface area contributed by atoms with Gasteiger partial charge in [-0.1, -0.05) is 36.4 Å². The number of rotatable bonds is 6. The summed E-state index contributed by atoms with van der Waals surface area (Å²) in [5.74, 6) is 1.49. The van der Waals surface area contributed by atoms with Gasteiger partial charge in [0.05, 0.1) is 0 Å². The molecular weight excluding hydrogens is 320 g/mol. The molecule has 0 aliphatic carbocycles. The lowest BCUT2D eigenvalue weighted by Gasteiger charge is -2.32. The van der Waals surface area contributed by atoms with Crippen LogP contribution in [0, 0.1) is 0 Å². The number of nitrogens with zero attached hydrogens (tertiary/aromatic N) is 4. The Morgan fingerprint density at radius 2 is 1.96 bits per heavy atom. The molecule has 0 amide bonds. The Morgan fingerprint density at radius 3 is 2.81 bits per heavy atom. The second-order valence-electron chi connectivity index (χ2n) is 7.12. The van der Waals surface area contributed by atoms with Crippen LogP contribution >= 0.6 is 0 Å². The number of piperidine rings is 1. The topological polar surface area (TPSA) is 34.0 Å². The molecule has 4 rings (SSSR count). The van der Waals surface area contributed by atoms with Crippen LogP contribution in [0.15, 0.2) is 67.3 Å². The molecule has 1 aliphatic rings. The van der Waals surface area contributed by atoms with Crippen molar-refractivity contribution in [3.63, 3.8) is 0 Å². The Hall–Kier alpha value is -2.46. The highest BCUT2D eigenvalue weighted by molar-refractivity contribution is 5.26. The predicted molar refractivity (Wildman–Crippen MR) is 105 cm³/mol. The Kier molecular flexibility index (Phi) is 5.41. The minimum Gasteiger partial charge on any atom is -0.303 e.